The molecule has 0 saturated heterocycles. The molecule has 1 heterocycles. The minimum Gasteiger partial charge on any atom is -0.482 e. The monoisotopic (exact) mass is 398 g/mol. The second-order valence-electron chi connectivity index (χ2n) is 6.54. The van der Waals surface area contributed by atoms with Gasteiger partial charge < -0.3 is 9.47 Å². The highest BCUT2D eigenvalue weighted by molar-refractivity contribution is 6.03. The van der Waals surface area contributed by atoms with Crippen LogP contribution < -0.4 is 9.64 Å². The van der Waals surface area contributed by atoms with Crippen LogP contribution in [0.5, 0.6) is 5.75 Å². The van der Waals surface area contributed by atoms with Gasteiger partial charge in [-0.2, -0.15) is 0 Å². The van der Waals surface area contributed by atoms with Gasteiger partial charge in [-0.05, 0) is 19.9 Å². The molecule has 1 atom stereocenters. The number of esters is 1. The number of nitro benzene ring substituents is 1. The van der Waals surface area contributed by atoms with Crippen molar-refractivity contribution in [2.24, 2.45) is 0 Å². The number of anilines is 1. The van der Waals surface area contributed by atoms with Gasteiger partial charge in [-0.1, -0.05) is 29.8 Å². The molecule has 150 valence electrons. The van der Waals surface area contributed by atoms with Gasteiger partial charge in [0, 0.05) is 17.7 Å². The summed E-state index contributed by atoms with van der Waals surface area (Å²) in [6.07, 6.45) is -1.05. The molecule has 1 amide bonds. The molecule has 0 radical (unpaired) electrons. The molecule has 1 aliphatic heterocycles. The van der Waals surface area contributed by atoms with E-state index in [2.05, 4.69) is 0 Å². The van der Waals surface area contributed by atoms with Crippen LogP contribution in [0, 0.1) is 17.0 Å². The molecule has 0 N–H and O–H groups in total. The van der Waals surface area contributed by atoms with E-state index in [9.17, 15) is 24.5 Å². The molecule has 0 spiro atoms. The van der Waals surface area contributed by atoms with Gasteiger partial charge in [0.25, 0.3) is 11.6 Å². The van der Waals surface area contributed by atoms with Crippen LogP contribution in [0.1, 0.15) is 22.8 Å². The fourth-order valence-corrected chi connectivity index (χ4v) is 2.85. The summed E-state index contributed by atoms with van der Waals surface area (Å²) in [6, 6.07) is 10.6. The molecular formula is C20H18N2O7. The minimum atomic E-state index is -1.05. The van der Waals surface area contributed by atoms with Crippen LogP contribution in [0.25, 0.3) is 0 Å². The van der Waals surface area contributed by atoms with Gasteiger partial charge in [0.1, 0.15) is 12.3 Å². The highest BCUT2D eigenvalue weighted by Crippen LogP contribution is 2.35. The first-order valence-electron chi connectivity index (χ1n) is 8.78. The number of rotatable bonds is 6. The summed E-state index contributed by atoms with van der Waals surface area (Å²) in [5, 5.41) is 11.0. The van der Waals surface area contributed by atoms with E-state index in [1.165, 1.54) is 19.1 Å². The fourth-order valence-electron chi connectivity index (χ4n) is 2.85. The molecule has 0 fully saturated rings. The number of carbonyl (C=O) groups is 3. The predicted octanol–water partition coefficient (Wildman–Crippen LogP) is 2.44. The van der Waals surface area contributed by atoms with Crippen molar-refractivity contribution in [2.45, 2.75) is 20.0 Å². The molecule has 1 aliphatic rings. The molecule has 3 rings (SSSR count). The summed E-state index contributed by atoms with van der Waals surface area (Å²) in [7, 11) is 0. The number of Topliss-reactive ketones (excluding diaryl/α,β-unsaturated/α-hetero) is 1. The normalized spacial score (nSPS) is 13.9. The SMILES string of the molecule is Cc1ccc(C(=O)[C@@H](C)OC(=O)CN2C(=O)COc3ccc([N+](=O)[O-])cc32)cc1. The maximum absolute atomic E-state index is 12.4. The molecule has 0 unspecified atom stereocenters. The van der Waals surface area contributed by atoms with E-state index in [-0.39, 0.29) is 29.5 Å². The Morgan fingerprint density at radius 3 is 2.59 bits per heavy atom. The number of hydrogen-bond donors (Lipinski definition) is 0. The lowest BCUT2D eigenvalue weighted by molar-refractivity contribution is -0.384. The van der Waals surface area contributed by atoms with E-state index in [0.29, 0.717) is 5.56 Å². The van der Waals surface area contributed by atoms with Crippen molar-refractivity contribution in [1.82, 2.24) is 0 Å². The van der Waals surface area contributed by atoms with Gasteiger partial charge in [0.05, 0.1) is 10.6 Å². The number of ether oxygens (including phenoxy) is 2. The number of nitrogens with zero attached hydrogens (tertiary/aromatic N) is 2. The smallest absolute Gasteiger partial charge is 0.326 e. The second kappa shape index (κ2) is 8.09. The van der Waals surface area contributed by atoms with Gasteiger partial charge in [-0.15, -0.1) is 0 Å². The first-order valence-corrected chi connectivity index (χ1v) is 8.78. The number of hydrogen-bond acceptors (Lipinski definition) is 7. The van der Waals surface area contributed by atoms with E-state index >= 15 is 0 Å². The Hall–Kier alpha value is -3.75. The predicted molar refractivity (Wildman–Crippen MR) is 102 cm³/mol. The Labute approximate surface area is 166 Å². The third-order valence-electron chi connectivity index (χ3n) is 4.40. The number of benzene rings is 2. The van der Waals surface area contributed by atoms with Crippen molar-refractivity contribution < 1.29 is 28.8 Å². The fraction of sp³-hybridized carbons (Fsp3) is 0.250. The zero-order chi connectivity index (χ0) is 21.1. The van der Waals surface area contributed by atoms with Crippen molar-refractivity contribution in [3.8, 4) is 5.75 Å². The average Bonchev–Trinajstić information content (AvgIpc) is 2.69. The maximum atomic E-state index is 12.4. The number of fused-ring (bicyclic) bond motifs is 1. The van der Waals surface area contributed by atoms with Crippen LogP contribution in [0.2, 0.25) is 0 Å². The summed E-state index contributed by atoms with van der Waals surface area (Å²) >= 11 is 0. The van der Waals surface area contributed by atoms with Gasteiger partial charge in [0.2, 0.25) is 5.78 Å². The van der Waals surface area contributed by atoms with Crippen LogP contribution in [0.3, 0.4) is 0 Å². The van der Waals surface area contributed by atoms with Crippen LogP contribution >= 0.6 is 0 Å². The zero-order valence-corrected chi connectivity index (χ0v) is 15.8. The standard InChI is InChI=1S/C20H18N2O7/c1-12-3-5-14(6-4-12)20(25)13(2)29-19(24)10-21-16-9-15(22(26)27)7-8-17(16)28-11-18(21)23/h3-9,13H,10-11H2,1-2H3/t13-/m1/s1. The number of aryl methyl sites for hydroxylation is 1. The Morgan fingerprint density at radius 2 is 1.93 bits per heavy atom. The van der Waals surface area contributed by atoms with Gasteiger partial charge in [-0.25, -0.2) is 0 Å². The molecular weight excluding hydrogens is 380 g/mol. The average molecular weight is 398 g/mol. The first-order chi connectivity index (χ1) is 13.8. The zero-order valence-electron chi connectivity index (χ0n) is 15.8. The van der Waals surface area contributed by atoms with Crippen LogP contribution in [-0.4, -0.2) is 41.8 Å². The molecule has 0 saturated carbocycles. The highest BCUT2D eigenvalue weighted by Gasteiger charge is 2.30. The van der Waals surface area contributed by atoms with Crippen LogP contribution in [-0.2, 0) is 14.3 Å². The minimum absolute atomic E-state index is 0.102. The maximum Gasteiger partial charge on any atom is 0.326 e. The van der Waals surface area contributed by atoms with Gasteiger partial charge in [-0.3, -0.25) is 29.4 Å². The Morgan fingerprint density at radius 1 is 1.24 bits per heavy atom. The number of nitro groups is 1. The summed E-state index contributed by atoms with van der Waals surface area (Å²) in [5.41, 5.74) is 1.25. The van der Waals surface area contributed by atoms with Crippen molar-refractivity contribution >= 4 is 29.0 Å². The number of non-ortho nitro benzene ring substituents is 1. The van der Waals surface area contributed by atoms with Gasteiger partial charge in [0.15, 0.2) is 12.7 Å². The van der Waals surface area contributed by atoms with Crippen molar-refractivity contribution in [3.63, 3.8) is 0 Å². The molecule has 9 heteroatoms. The van der Waals surface area contributed by atoms with E-state index in [0.717, 1.165) is 16.5 Å². The van der Waals surface area contributed by atoms with E-state index in [4.69, 9.17) is 9.47 Å². The molecule has 2 aromatic rings. The second-order valence-corrected chi connectivity index (χ2v) is 6.54. The molecule has 0 aliphatic carbocycles. The molecule has 2 aromatic carbocycles. The summed E-state index contributed by atoms with van der Waals surface area (Å²) < 4.78 is 10.4. The number of ketones is 1. The van der Waals surface area contributed by atoms with E-state index in [1.807, 2.05) is 6.92 Å². The van der Waals surface area contributed by atoms with Crippen molar-refractivity contribution in [3.05, 3.63) is 63.7 Å². The summed E-state index contributed by atoms with van der Waals surface area (Å²) in [5.74, 6) is -1.49. The van der Waals surface area contributed by atoms with Crippen LogP contribution in [0.4, 0.5) is 11.4 Å². The van der Waals surface area contributed by atoms with Crippen LogP contribution in [0.15, 0.2) is 42.5 Å². The molecule has 9 nitrogen and oxygen atoms in total. The van der Waals surface area contributed by atoms with E-state index < -0.39 is 29.4 Å². The lowest BCUT2D eigenvalue weighted by Gasteiger charge is -2.28. The Kier molecular flexibility index (Phi) is 5.58. The Bertz CT molecular complexity index is 985. The lowest BCUT2D eigenvalue weighted by atomic mass is 10.1. The quantitative estimate of drug-likeness (QED) is 0.317. The van der Waals surface area contributed by atoms with Crippen molar-refractivity contribution in [2.75, 3.05) is 18.1 Å². The number of carbonyl (C=O) groups excluding carboxylic acids is 3. The third-order valence-corrected chi connectivity index (χ3v) is 4.40. The molecule has 29 heavy (non-hydrogen) atoms. The third kappa shape index (κ3) is 4.40. The van der Waals surface area contributed by atoms with Crippen molar-refractivity contribution in [1.29, 1.82) is 0 Å². The molecule has 0 aromatic heterocycles. The Balaban J connectivity index is 1.72. The topological polar surface area (TPSA) is 116 Å². The highest BCUT2D eigenvalue weighted by atomic mass is 16.6. The largest absolute Gasteiger partial charge is 0.482 e. The molecule has 0 bridgehead atoms. The van der Waals surface area contributed by atoms with Gasteiger partial charge >= 0.3 is 5.97 Å². The summed E-state index contributed by atoms with van der Waals surface area (Å²) in [6.45, 7) is 2.52. The first kappa shape index (κ1) is 20.0. The lowest BCUT2D eigenvalue weighted by Crippen LogP contribution is -2.43. The number of amides is 1. The summed E-state index contributed by atoms with van der Waals surface area (Å²) in [4.78, 5) is 48.4. The van der Waals surface area contributed by atoms with E-state index in [1.54, 1.807) is 24.3 Å².